The molecule has 0 unspecified atom stereocenters. The molecule has 0 saturated carbocycles. The summed E-state index contributed by atoms with van der Waals surface area (Å²) in [6, 6.07) is 14.1. The molecule has 0 aromatic heterocycles. The zero-order valence-corrected chi connectivity index (χ0v) is 16.2. The molecule has 0 bridgehead atoms. The lowest BCUT2D eigenvalue weighted by atomic mass is 9.75. The molecule has 4 atom stereocenters. The van der Waals surface area contributed by atoms with Gasteiger partial charge in [0.25, 0.3) is 0 Å². The van der Waals surface area contributed by atoms with Crippen LogP contribution in [0.2, 0.25) is 5.02 Å². The monoisotopic (exact) mass is 407 g/mol. The van der Waals surface area contributed by atoms with E-state index in [4.69, 9.17) is 11.6 Å². The number of rotatable bonds is 1. The number of carbonyl (C=O) groups is 3. The van der Waals surface area contributed by atoms with Gasteiger partial charge in [0.1, 0.15) is 5.54 Å². The SMILES string of the molecule is O=C1[C@@H]2[C@H]3CCCN3[C@]3(C(=O)Nc4ccccc43)[C@H]2C(=O)N1c1ccc(Cl)cc1. The Hall–Kier alpha value is -2.70. The molecule has 2 aromatic carbocycles. The quantitative estimate of drug-likeness (QED) is 0.738. The van der Waals surface area contributed by atoms with E-state index in [1.807, 2.05) is 24.3 Å². The smallest absolute Gasteiger partial charge is 0.250 e. The van der Waals surface area contributed by atoms with Crippen molar-refractivity contribution in [2.24, 2.45) is 11.8 Å². The molecular weight excluding hydrogens is 390 g/mol. The average molecular weight is 408 g/mol. The third-order valence-corrected chi connectivity index (χ3v) is 7.24. The second kappa shape index (κ2) is 5.68. The number of nitrogens with zero attached hydrogens (tertiary/aromatic N) is 2. The molecule has 6 rings (SSSR count). The summed E-state index contributed by atoms with van der Waals surface area (Å²) in [5.41, 5.74) is 0.929. The Balaban J connectivity index is 1.55. The molecule has 1 N–H and O–H groups in total. The molecule has 2 aromatic rings. The molecule has 6 nitrogen and oxygen atoms in total. The first-order valence-corrected chi connectivity index (χ1v) is 10.2. The minimum absolute atomic E-state index is 0.106. The van der Waals surface area contributed by atoms with Crippen molar-refractivity contribution in [2.75, 3.05) is 16.8 Å². The number of hydrogen-bond donors (Lipinski definition) is 1. The summed E-state index contributed by atoms with van der Waals surface area (Å²) in [5, 5.41) is 3.51. The molecule has 1 spiro atoms. The number of anilines is 2. The highest BCUT2D eigenvalue weighted by Gasteiger charge is 2.74. The van der Waals surface area contributed by atoms with Crippen molar-refractivity contribution in [1.29, 1.82) is 0 Å². The van der Waals surface area contributed by atoms with Crippen LogP contribution in [0, 0.1) is 11.8 Å². The number of nitrogens with one attached hydrogen (secondary N) is 1. The molecule has 0 aliphatic carbocycles. The van der Waals surface area contributed by atoms with E-state index in [1.165, 1.54) is 4.90 Å². The molecule has 4 heterocycles. The lowest BCUT2D eigenvalue weighted by molar-refractivity contribution is -0.135. The maximum Gasteiger partial charge on any atom is 0.250 e. The van der Waals surface area contributed by atoms with Crippen LogP contribution in [0.1, 0.15) is 18.4 Å². The zero-order chi connectivity index (χ0) is 19.9. The number of hydrogen-bond acceptors (Lipinski definition) is 4. The number of halogens is 1. The van der Waals surface area contributed by atoms with Crippen molar-refractivity contribution in [1.82, 2.24) is 4.90 Å². The number of carbonyl (C=O) groups excluding carboxylic acids is 3. The van der Waals surface area contributed by atoms with E-state index in [2.05, 4.69) is 10.2 Å². The Bertz CT molecular complexity index is 1080. The Kier molecular flexibility index (Phi) is 3.36. The van der Waals surface area contributed by atoms with Crippen LogP contribution in [0.25, 0.3) is 0 Å². The minimum atomic E-state index is -1.11. The average Bonchev–Trinajstić information content (AvgIpc) is 3.41. The van der Waals surface area contributed by atoms with Gasteiger partial charge in [-0.2, -0.15) is 0 Å². The fraction of sp³-hybridized carbons (Fsp3) is 0.318. The van der Waals surface area contributed by atoms with Gasteiger partial charge in [-0.3, -0.25) is 19.3 Å². The summed E-state index contributed by atoms with van der Waals surface area (Å²) < 4.78 is 0. The van der Waals surface area contributed by atoms with Crippen molar-refractivity contribution < 1.29 is 14.4 Å². The highest BCUT2D eigenvalue weighted by molar-refractivity contribution is 6.31. The second-order valence-corrected chi connectivity index (χ2v) is 8.60. The molecule has 4 aliphatic rings. The van der Waals surface area contributed by atoms with Gasteiger partial charge in [0.15, 0.2) is 0 Å². The standard InChI is InChI=1S/C22H18ClN3O3/c23-12-7-9-13(10-8-12)26-19(27)17-16-6-3-11-25(16)22(18(17)20(26)28)14-4-1-2-5-15(14)24-21(22)29/h1-2,4-5,7-10,16-18H,3,6,11H2,(H,24,29)/t16-,17-,18-,22+/m1/s1. The highest BCUT2D eigenvalue weighted by atomic mass is 35.5. The summed E-state index contributed by atoms with van der Waals surface area (Å²) in [7, 11) is 0. The van der Waals surface area contributed by atoms with Gasteiger partial charge in [-0.05, 0) is 49.7 Å². The predicted octanol–water partition coefficient (Wildman–Crippen LogP) is 2.77. The van der Waals surface area contributed by atoms with Crippen molar-refractivity contribution in [3.63, 3.8) is 0 Å². The Morgan fingerprint density at radius 3 is 2.55 bits per heavy atom. The molecule has 3 fully saturated rings. The van der Waals surface area contributed by atoms with Gasteiger partial charge in [0.05, 0.1) is 17.5 Å². The van der Waals surface area contributed by atoms with Crippen LogP contribution in [0.4, 0.5) is 11.4 Å². The fourth-order valence-electron chi connectivity index (χ4n) is 6.00. The first-order valence-electron chi connectivity index (χ1n) is 9.86. The van der Waals surface area contributed by atoms with Gasteiger partial charge in [0, 0.05) is 22.3 Å². The molecule has 146 valence electrons. The number of imide groups is 1. The number of amides is 3. The first-order chi connectivity index (χ1) is 14.0. The summed E-state index contributed by atoms with van der Waals surface area (Å²) in [5.74, 6) is -1.95. The van der Waals surface area contributed by atoms with E-state index < -0.39 is 17.4 Å². The van der Waals surface area contributed by atoms with E-state index in [-0.39, 0.29) is 23.8 Å². The van der Waals surface area contributed by atoms with Crippen molar-refractivity contribution >= 4 is 40.7 Å². The Labute approximate surface area is 172 Å². The molecule has 3 saturated heterocycles. The van der Waals surface area contributed by atoms with Gasteiger partial charge < -0.3 is 5.32 Å². The van der Waals surface area contributed by atoms with Crippen LogP contribution in [0.3, 0.4) is 0 Å². The molecular formula is C22H18ClN3O3. The maximum absolute atomic E-state index is 13.7. The lowest BCUT2D eigenvalue weighted by Gasteiger charge is -2.36. The van der Waals surface area contributed by atoms with E-state index in [1.54, 1.807) is 24.3 Å². The first kappa shape index (κ1) is 17.2. The van der Waals surface area contributed by atoms with Crippen LogP contribution in [0.5, 0.6) is 0 Å². The van der Waals surface area contributed by atoms with Gasteiger partial charge in [-0.25, -0.2) is 4.90 Å². The van der Waals surface area contributed by atoms with Crippen molar-refractivity contribution in [3.8, 4) is 0 Å². The fourth-order valence-corrected chi connectivity index (χ4v) is 6.13. The summed E-state index contributed by atoms with van der Waals surface area (Å²) >= 11 is 5.99. The topological polar surface area (TPSA) is 69.7 Å². The van der Waals surface area contributed by atoms with Gasteiger partial charge >= 0.3 is 0 Å². The van der Waals surface area contributed by atoms with Crippen LogP contribution in [-0.2, 0) is 19.9 Å². The number of fused-ring (bicyclic) bond motifs is 7. The zero-order valence-electron chi connectivity index (χ0n) is 15.5. The summed E-state index contributed by atoms with van der Waals surface area (Å²) in [4.78, 5) is 44.0. The predicted molar refractivity (Wildman–Crippen MR) is 107 cm³/mol. The van der Waals surface area contributed by atoms with Crippen molar-refractivity contribution in [3.05, 3.63) is 59.1 Å². The van der Waals surface area contributed by atoms with Gasteiger partial charge in [-0.1, -0.05) is 29.8 Å². The highest BCUT2D eigenvalue weighted by Crippen LogP contribution is 2.60. The molecule has 3 amide bonds. The van der Waals surface area contributed by atoms with E-state index >= 15 is 0 Å². The molecule has 29 heavy (non-hydrogen) atoms. The van der Waals surface area contributed by atoms with Gasteiger partial charge in [-0.15, -0.1) is 0 Å². The summed E-state index contributed by atoms with van der Waals surface area (Å²) in [6.45, 7) is 0.709. The maximum atomic E-state index is 13.7. The van der Waals surface area contributed by atoms with Crippen LogP contribution in [0.15, 0.2) is 48.5 Å². The third kappa shape index (κ3) is 1.93. The summed E-state index contributed by atoms with van der Waals surface area (Å²) in [6.07, 6.45) is 1.72. The van der Waals surface area contributed by atoms with Crippen LogP contribution >= 0.6 is 11.6 Å². The normalized spacial score (nSPS) is 32.7. The van der Waals surface area contributed by atoms with Gasteiger partial charge in [0.2, 0.25) is 17.7 Å². The third-order valence-electron chi connectivity index (χ3n) is 6.98. The minimum Gasteiger partial charge on any atom is -0.324 e. The largest absolute Gasteiger partial charge is 0.324 e. The molecule has 0 radical (unpaired) electrons. The van der Waals surface area contributed by atoms with Crippen molar-refractivity contribution in [2.45, 2.75) is 24.4 Å². The number of para-hydroxylation sites is 1. The Morgan fingerprint density at radius 1 is 1.00 bits per heavy atom. The molecule has 4 aliphatic heterocycles. The van der Waals surface area contributed by atoms with E-state index in [0.717, 1.165) is 24.1 Å². The molecule has 7 heteroatoms. The van der Waals surface area contributed by atoms with Crippen LogP contribution in [-0.4, -0.2) is 35.2 Å². The van der Waals surface area contributed by atoms with Crippen LogP contribution < -0.4 is 10.2 Å². The Morgan fingerprint density at radius 2 is 1.76 bits per heavy atom. The number of benzene rings is 2. The van der Waals surface area contributed by atoms with E-state index in [0.29, 0.717) is 17.3 Å². The second-order valence-electron chi connectivity index (χ2n) is 8.16. The van der Waals surface area contributed by atoms with E-state index in [9.17, 15) is 14.4 Å². The lowest BCUT2D eigenvalue weighted by Crippen LogP contribution is -2.54.